The molecule has 2 aliphatic carbocycles. The number of hydrogen-bond donors (Lipinski definition) is 1. The van der Waals surface area contributed by atoms with E-state index in [1.165, 1.54) is 16.5 Å². The summed E-state index contributed by atoms with van der Waals surface area (Å²) in [5.41, 5.74) is 2.93. The molecule has 1 aromatic heterocycles. The molecule has 3 aromatic rings. The zero-order valence-electron chi connectivity index (χ0n) is 18.8. The van der Waals surface area contributed by atoms with Crippen LogP contribution < -0.4 is 15.2 Å². The third-order valence-corrected chi connectivity index (χ3v) is 9.50. The van der Waals surface area contributed by atoms with Crippen molar-refractivity contribution in [3.05, 3.63) is 87.3 Å². The lowest BCUT2D eigenvalue weighted by molar-refractivity contribution is 0.0663. The van der Waals surface area contributed by atoms with Gasteiger partial charge in [-0.05, 0) is 35.6 Å². The van der Waals surface area contributed by atoms with Gasteiger partial charge in [0.15, 0.2) is 11.4 Å². The Morgan fingerprint density at radius 3 is 2.77 bits per heavy atom. The third-order valence-electron chi connectivity index (χ3n) is 8.37. The van der Waals surface area contributed by atoms with E-state index in [0.29, 0.717) is 31.0 Å². The Labute approximate surface area is 205 Å². The van der Waals surface area contributed by atoms with Gasteiger partial charge < -0.3 is 14.7 Å². The van der Waals surface area contributed by atoms with Gasteiger partial charge in [0.05, 0.1) is 0 Å². The van der Waals surface area contributed by atoms with Crippen LogP contribution in [-0.4, -0.2) is 39.9 Å². The summed E-state index contributed by atoms with van der Waals surface area (Å²) in [7, 11) is 0. The maximum Gasteiger partial charge on any atom is 0.277 e. The van der Waals surface area contributed by atoms with Crippen molar-refractivity contribution in [2.45, 2.75) is 29.2 Å². The van der Waals surface area contributed by atoms with E-state index >= 15 is 0 Å². The van der Waals surface area contributed by atoms with Crippen LogP contribution in [0.4, 0.5) is 0 Å². The second kappa shape index (κ2) is 6.85. The van der Waals surface area contributed by atoms with Gasteiger partial charge in [-0.1, -0.05) is 30.3 Å². The molecule has 35 heavy (non-hydrogen) atoms. The van der Waals surface area contributed by atoms with E-state index < -0.39 is 11.2 Å². The molecule has 0 saturated heterocycles. The minimum absolute atomic E-state index is 0.0361. The molecular formula is C27H23N3O4S. The minimum atomic E-state index is -0.542. The quantitative estimate of drug-likeness (QED) is 0.527. The van der Waals surface area contributed by atoms with Crippen molar-refractivity contribution in [1.82, 2.24) is 9.58 Å². The van der Waals surface area contributed by atoms with Crippen LogP contribution in [0, 0.1) is 17.8 Å². The molecule has 7 nitrogen and oxygen atoms in total. The topological polar surface area (TPSA) is 75.0 Å². The number of carbonyl (C=O) groups excluding carboxylic acids is 1. The summed E-state index contributed by atoms with van der Waals surface area (Å²) < 4.78 is 8.34. The van der Waals surface area contributed by atoms with Crippen LogP contribution in [0.2, 0.25) is 0 Å². The Kier molecular flexibility index (Phi) is 3.89. The lowest BCUT2D eigenvalue weighted by atomic mass is 9.93. The molecule has 5 atom stereocenters. The molecule has 176 valence electrons. The molecular weight excluding hydrogens is 462 g/mol. The molecule has 2 aromatic carbocycles. The number of nitrogens with zero attached hydrogens (tertiary/aromatic N) is 3. The van der Waals surface area contributed by atoms with Crippen molar-refractivity contribution < 1.29 is 14.6 Å². The zero-order chi connectivity index (χ0) is 23.4. The first-order chi connectivity index (χ1) is 17.1. The van der Waals surface area contributed by atoms with Crippen molar-refractivity contribution in [2.75, 3.05) is 18.2 Å². The first kappa shape index (κ1) is 19.9. The Bertz CT molecular complexity index is 1480. The number of amides is 1. The predicted molar refractivity (Wildman–Crippen MR) is 130 cm³/mol. The zero-order valence-corrected chi connectivity index (χ0v) is 19.6. The molecule has 2 fully saturated rings. The number of pyridine rings is 1. The van der Waals surface area contributed by atoms with Crippen molar-refractivity contribution in [3.63, 3.8) is 0 Å². The van der Waals surface area contributed by atoms with Crippen molar-refractivity contribution >= 4 is 17.7 Å². The van der Waals surface area contributed by atoms with Crippen LogP contribution in [0.1, 0.15) is 39.6 Å². The van der Waals surface area contributed by atoms with E-state index in [0.717, 1.165) is 29.1 Å². The smallest absolute Gasteiger partial charge is 0.277 e. The fraction of sp³-hybridized carbons (Fsp3) is 0.333. The number of ether oxygens (including phenoxy) is 1. The fourth-order valence-electron chi connectivity index (χ4n) is 6.44. The molecule has 5 heterocycles. The maximum absolute atomic E-state index is 13.5. The fourth-order valence-corrected chi connectivity index (χ4v) is 7.53. The highest BCUT2D eigenvalue weighted by molar-refractivity contribution is 7.98. The summed E-state index contributed by atoms with van der Waals surface area (Å²) in [6.07, 6.45) is 2.80. The van der Waals surface area contributed by atoms with Gasteiger partial charge in [-0.3, -0.25) is 19.3 Å². The maximum atomic E-state index is 13.5. The van der Waals surface area contributed by atoms with Crippen LogP contribution >= 0.6 is 11.8 Å². The first-order valence-corrected chi connectivity index (χ1v) is 13.1. The van der Waals surface area contributed by atoms with Gasteiger partial charge in [0.25, 0.3) is 5.91 Å². The van der Waals surface area contributed by atoms with Crippen LogP contribution in [-0.2, 0) is 5.75 Å². The Balaban J connectivity index is 1.41. The lowest BCUT2D eigenvalue weighted by Crippen LogP contribution is -2.56. The highest BCUT2D eigenvalue weighted by Gasteiger charge is 2.75. The SMILES string of the molecule is O=C1c2c(O)c(=O)ccn2N2CN1CC[C@@H]1C3C(Oc4cccc5c4[C@@H]2c2ccccc2SC5)[C@H]31. The number of aromatic hydroxyl groups is 1. The summed E-state index contributed by atoms with van der Waals surface area (Å²) in [5, 5.41) is 12.9. The number of aromatic nitrogens is 1. The molecule has 4 aliphatic heterocycles. The summed E-state index contributed by atoms with van der Waals surface area (Å²) >= 11 is 1.80. The standard InChI is InChI=1S/C27H23N3O4S/c31-17-9-11-29-24(25(17)32)27(33)28-10-8-16-21-22(16)26(21)34-18-6-3-4-14-12-35-19-7-2-1-5-15(19)23(20(14)18)30(29)13-28/h1-7,9,11,16,21-23,26,32H,8,10,12-13H2/t16-,21-,22?,23-,26?/m0/s1. The second-order valence-corrected chi connectivity index (χ2v) is 11.1. The predicted octanol–water partition coefficient (Wildman–Crippen LogP) is 3.33. The number of rotatable bonds is 0. The number of fused-ring (bicyclic) bond motifs is 3. The van der Waals surface area contributed by atoms with Crippen LogP contribution in [0.5, 0.6) is 11.5 Å². The molecule has 6 aliphatic rings. The summed E-state index contributed by atoms with van der Waals surface area (Å²) in [5.74, 6) is 2.68. The Morgan fingerprint density at radius 1 is 1.03 bits per heavy atom. The van der Waals surface area contributed by atoms with Crippen LogP contribution in [0.3, 0.4) is 0 Å². The molecule has 0 radical (unpaired) electrons. The highest BCUT2D eigenvalue weighted by atomic mass is 32.2. The number of carbonyl (C=O) groups is 1. The lowest BCUT2D eigenvalue weighted by Gasteiger charge is -2.45. The van der Waals surface area contributed by atoms with E-state index in [4.69, 9.17) is 4.74 Å². The van der Waals surface area contributed by atoms with E-state index in [9.17, 15) is 14.7 Å². The van der Waals surface area contributed by atoms with Gasteiger partial charge in [-0.2, -0.15) is 0 Å². The van der Waals surface area contributed by atoms with E-state index in [2.05, 4.69) is 41.4 Å². The molecule has 1 N–H and O–H groups in total. The van der Waals surface area contributed by atoms with Gasteiger partial charge in [-0.15, -0.1) is 11.8 Å². The number of hydrogen-bond acceptors (Lipinski definition) is 6. The average molecular weight is 486 g/mol. The van der Waals surface area contributed by atoms with E-state index in [1.807, 2.05) is 6.07 Å². The largest absolute Gasteiger partial charge is 0.502 e. The summed E-state index contributed by atoms with van der Waals surface area (Å²) in [4.78, 5) is 28.9. The van der Waals surface area contributed by atoms with Crippen molar-refractivity contribution in [2.24, 2.45) is 17.8 Å². The Morgan fingerprint density at radius 2 is 1.89 bits per heavy atom. The highest BCUT2D eigenvalue weighted by Crippen LogP contribution is 2.71. The number of thioether (sulfide) groups is 1. The van der Waals surface area contributed by atoms with Crippen molar-refractivity contribution in [1.29, 1.82) is 0 Å². The van der Waals surface area contributed by atoms with Gasteiger partial charge >= 0.3 is 0 Å². The minimum Gasteiger partial charge on any atom is -0.502 e. The average Bonchev–Trinajstić information content (AvgIpc) is 3.77. The van der Waals surface area contributed by atoms with Crippen LogP contribution in [0.15, 0.2) is 64.4 Å². The third kappa shape index (κ3) is 2.68. The first-order valence-electron chi connectivity index (χ1n) is 12.1. The summed E-state index contributed by atoms with van der Waals surface area (Å²) in [6, 6.07) is 15.7. The molecule has 2 saturated carbocycles. The molecule has 9 rings (SSSR count). The molecule has 2 unspecified atom stereocenters. The van der Waals surface area contributed by atoms with Gasteiger partial charge in [-0.25, -0.2) is 0 Å². The van der Waals surface area contributed by atoms with Gasteiger partial charge in [0.2, 0.25) is 5.43 Å². The van der Waals surface area contributed by atoms with Gasteiger partial charge in [0.1, 0.15) is 24.6 Å². The normalized spacial score (nSPS) is 29.3. The summed E-state index contributed by atoms with van der Waals surface area (Å²) in [6.45, 7) is 0.955. The van der Waals surface area contributed by atoms with E-state index in [1.54, 1.807) is 27.5 Å². The molecule has 4 bridgehead atoms. The molecule has 0 spiro atoms. The van der Waals surface area contributed by atoms with Crippen molar-refractivity contribution in [3.8, 4) is 11.5 Å². The Hall–Kier alpha value is -3.39. The van der Waals surface area contributed by atoms with E-state index in [-0.39, 0.29) is 23.7 Å². The monoisotopic (exact) mass is 485 g/mol. The number of benzene rings is 2. The van der Waals surface area contributed by atoms with Gasteiger partial charge in [0, 0.05) is 46.9 Å². The molecule has 8 heteroatoms. The second-order valence-electron chi connectivity index (χ2n) is 10.1. The molecule has 1 amide bonds. The van der Waals surface area contributed by atoms with Crippen LogP contribution in [0.25, 0.3) is 0 Å².